The summed E-state index contributed by atoms with van der Waals surface area (Å²) in [4.78, 5) is 21.0. The monoisotopic (exact) mass is 506 g/mol. The molecule has 0 radical (unpaired) electrons. The van der Waals surface area contributed by atoms with Gasteiger partial charge >= 0.3 is 11.9 Å². The molecule has 0 fully saturated rings. The highest BCUT2D eigenvalue weighted by Gasteiger charge is 2.16. The van der Waals surface area contributed by atoms with E-state index < -0.39 is 18.0 Å². The fourth-order valence-corrected chi connectivity index (χ4v) is 2.98. The molecule has 152 valence electrons. The first-order chi connectivity index (χ1) is 12.9. The zero-order valence-electron chi connectivity index (χ0n) is 14.0. The second kappa shape index (κ2) is 11.2. The van der Waals surface area contributed by atoms with E-state index in [1.807, 2.05) is 0 Å². The van der Waals surface area contributed by atoms with Gasteiger partial charge < -0.3 is 14.9 Å². The van der Waals surface area contributed by atoms with Crippen LogP contribution in [0.1, 0.15) is 12.5 Å². The molecule has 0 spiro atoms. The van der Waals surface area contributed by atoms with Gasteiger partial charge in [-0.2, -0.15) is 0 Å². The lowest BCUT2D eigenvalue weighted by atomic mass is 10.1. The molecule has 0 saturated heterocycles. The van der Waals surface area contributed by atoms with Crippen LogP contribution in [0.25, 0.3) is 0 Å². The normalized spacial score (nSPS) is 11.2. The molecule has 2 rings (SSSR count). The average Bonchev–Trinajstić information content (AvgIpc) is 2.60. The summed E-state index contributed by atoms with van der Waals surface area (Å²) < 4.78 is 5.07. The second-order valence-electron chi connectivity index (χ2n) is 5.19. The molecule has 0 amide bonds. The molecule has 5 nitrogen and oxygen atoms in total. The zero-order chi connectivity index (χ0) is 21.6. The maximum atomic E-state index is 10.5. The summed E-state index contributed by atoms with van der Waals surface area (Å²) in [5, 5.41) is 18.8. The van der Waals surface area contributed by atoms with E-state index >= 15 is 0 Å². The maximum Gasteiger partial charge on any atom is 0.344 e. The molecular formula is C17H12Cl6O5. The van der Waals surface area contributed by atoms with Gasteiger partial charge in [-0.05, 0) is 25.1 Å². The Morgan fingerprint density at radius 2 is 1.43 bits per heavy atom. The topological polar surface area (TPSA) is 83.8 Å². The predicted octanol–water partition coefficient (Wildman–Crippen LogP) is 6.77. The number of ether oxygens (including phenoxy) is 1. The Hall–Kier alpha value is -1.08. The van der Waals surface area contributed by atoms with Crippen molar-refractivity contribution in [1.82, 2.24) is 0 Å². The van der Waals surface area contributed by atoms with Crippen LogP contribution in [-0.4, -0.2) is 28.3 Å². The first kappa shape index (κ1) is 25.0. The van der Waals surface area contributed by atoms with E-state index in [1.165, 1.54) is 31.2 Å². The predicted molar refractivity (Wildman–Crippen MR) is 112 cm³/mol. The highest BCUT2D eigenvalue weighted by molar-refractivity contribution is 6.44. The lowest BCUT2D eigenvalue weighted by molar-refractivity contribution is -0.144. The van der Waals surface area contributed by atoms with Gasteiger partial charge in [-0.25, -0.2) is 4.79 Å². The summed E-state index contributed by atoms with van der Waals surface area (Å²) in [5.74, 6) is -1.89. The quantitative estimate of drug-likeness (QED) is 0.435. The molecule has 2 aromatic carbocycles. The van der Waals surface area contributed by atoms with Gasteiger partial charge in [0.25, 0.3) is 0 Å². The van der Waals surface area contributed by atoms with Gasteiger partial charge in [-0.15, -0.1) is 0 Å². The summed E-state index contributed by atoms with van der Waals surface area (Å²) in [5.41, 5.74) is 0.350. The van der Waals surface area contributed by atoms with Gasteiger partial charge in [0, 0.05) is 16.7 Å². The number of hydrogen-bond acceptors (Lipinski definition) is 3. The molecule has 0 aliphatic rings. The van der Waals surface area contributed by atoms with Crippen LogP contribution in [0.4, 0.5) is 0 Å². The van der Waals surface area contributed by atoms with E-state index in [0.29, 0.717) is 15.6 Å². The molecule has 28 heavy (non-hydrogen) atoms. The Kier molecular flexibility index (Phi) is 9.98. The summed E-state index contributed by atoms with van der Waals surface area (Å²) in [6.45, 7) is 1.39. The summed E-state index contributed by atoms with van der Waals surface area (Å²) in [7, 11) is 0. The highest BCUT2D eigenvalue weighted by atomic mass is 35.5. The van der Waals surface area contributed by atoms with Gasteiger partial charge in [0.2, 0.25) is 0 Å². The highest BCUT2D eigenvalue weighted by Crippen LogP contribution is 2.34. The van der Waals surface area contributed by atoms with Crippen LogP contribution in [0.15, 0.2) is 24.3 Å². The van der Waals surface area contributed by atoms with Crippen molar-refractivity contribution in [3.05, 3.63) is 60.0 Å². The van der Waals surface area contributed by atoms with Crippen LogP contribution in [0.2, 0.25) is 30.1 Å². The Morgan fingerprint density at radius 1 is 0.893 bits per heavy atom. The fourth-order valence-electron chi connectivity index (χ4n) is 1.72. The summed E-state index contributed by atoms with van der Waals surface area (Å²) in [6.07, 6.45) is -1.22. The van der Waals surface area contributed by atoms with Gasteiger partial charge in [0.05, 0.1) is 31.5 Å². The third kappa shape index (κ3) is 7.39. The number of halogens is 6. The van der Waals surface area contributed by atoms with Crippen molar-refractivity contribution in [2.45, 2.75) is 19.4 Å². The number of aliphatic carboxylic acids is 2. The number of rotatable bonds is 5. The minimum absolute atomic E-state index is 0.195. The molecule has 0 aliphatic carbocycles. The van der Waals surface area contributed by atoms with Crippen molar-refractivity contribution < 1.29 is 24.5 Å². The number of carbonyl (C=O) groups is 2. The Bertz CT molecular complexity index is 887. The smallest absolute Gasteiger partial charge is 0.344 e. The minimum Gasteiger partial charge on any atom is -0.481 e. The average molecular weight is 509 g/mol. The molecule has 0 aromatic heterocycles. The van der Waals surface area contributed by atoms with Crippen molar-refractivity contribution in [1.29, 1.82) is 0 Å². The Labute approximate surface area is 190 Å². The van der Waals surface area contributed by atoms with E-state index in [0.717, 1.165) is 0 Å². The number of hydrogen-bond donors (Lipinski definition) is 2. The van der Waals surface area contributed by atoms with Crippen LogP contribution < -0.4 is 4.74 Å². The summed E-state index contributed by atoms with van der Waals surface area (Å²) >= 11 is 34.4. The van der Waals surface area contributed by atoms with Crippen LogP contribution >= 0.6 is 69.6 Å². The molecule has 11 heteroatoms. The lowest BCUT2D eigenvalue weighted by Crippen LogP contribution is -2.22. The van der Waals surface area contributed by atoms with Gasteiger partial charge in [0.1, 0.15) is 5.75 Å². The van der Waals surface area contributed by atoms with Crippen molar-refractivity contribution in [3.63, 3.8) is 0 Å². The Morgan fingerprint density at radius 3 is 1.96 bits per heavy atom. The molecule has 0 bridgehead atoms. The van der Waals surface area contributed by atoms with Crippen molar-refractivity contribution >= 4 is 81.5 Å². The standard InChI is InChI=1S/C9H7Cl3O3.C8H5Cl3O2/c1-4(9(13)14)15-8-3-6(11)5(10)2-7(8)12;9-5-1-2-6(10)8(11)4(5)3-7(12)13/h2-4H,1H3,(H,13,14);1-2H,3H2,(H,12,13). The van der Waals surface area contributed by atoms with Gasteiger partial charge in [-0.1, -0.05) is 69.6 Å². The molecule has 1 unspecified atom stereocenters. The van der Waals surface area contributed by atoms with Gasteiger partial charge in [-0.3, -0.25) is 4.79 Å². The SMILES string of the molecule is CC(Oc1cc(Cl)c(Cl)cc1Cl)C(=O)O.O=C(O)Cc1c(Cl)ccc(Cl)c1Cl. The fraction of sp³-hybridized carbons (Fsp3) is 0.176. The molecular weight excluding hydrogens is 497 g/mol. The van der Waals surface area contributed by atoms with Crippen molar-refractivity contribution in [2.75, 3.05) is 0 Å². The number of benzene rings is 2. The molecule has 1 atom stereocenters. The third-order valence-corrected chi connectivity index (χ3v) is 5.31. The second-order valence-corrected chi connectivity index (χ2v) is 7.60. The zero-order valence-corrected chi connectivity index (χ0v) is 18.5. The van der Waals surface area contributed by atoms with Crippen LogP contribution in [0, 0.1) is 0 Å². The molecule has 0 aliphatic heterocycles. The van der Waals surface area contributed by atoms with Crippen LogP contribution in [0.5, 0.6) is 5.75 Å². The van der Waals surface area contributed by atoms with E-state index in [4.69, 9.17) is 84.6 Å². The van der Waals surface area contributed by atoms with E-state index in [2.05, 4.69) is 0 Å². The maximum absolute atomic E-state index is 10.5. The van der Waals surface area contributed by atoms with E-state index in [9.17, 15) is 9.59 Å². The summed E-state index contributed by atoms with van der Waals surface area (Å²) in [6, 6.07) is 5.83. The lowest BCUT2D eigenvalue weighted by Gasteiger charge is -2.12. The van der Waals surface area contributed by atoms with Crippen molar-refractivity contribution in [3.8, 4) is 5.75 Å². The van der Waals surface area contributed by atoms with Crippen LogP contribution in [0.3, 0.4) is 0 Å². The molecule has 0 heterocycles. The number of carboxylic acid groups (broad SMARTS) is 2. The van der Waals surface area contributed by atoms with Crippen molar-refractivity contribution in [2.24, 2.45) is 0 Å². The van der Waals surface area contributed by atoms with Crippen LogP contribution in [-0.2, 0) is 16.0 Å². The Balaban J connectivity index is 0.000000283. The third-order valence-electron chi connectivity index (χ3n) is 3.09. The first-order valence-electron chi connectivity index (χ1n) is 7.32. The molecule has 2 N–H and O–H groups in total. The molecule has 2 aromatic rings. The van der Waals surface area contributed by atoms with E-state index in [1.54, 1.807) is 0 Å². The van der Waals surface area contributed by atoms with E-state index in [-0.39, 0.29) is 32.3 Å². The largest absolute Gasteiger partial charge is 0.481 e. The minimum atomic E-state index is -1.09. The number of carboxylic acids is 2. The first-order valence-corrected chi connectivity index (χ1v) is 9.59. The molecule has 0 saturated carbocycles. The van der Waals surface area contributed by atoms with Gasteiger partial charge in [0.15, 0.2) is 6.10 Å².